The smallest absolute Gasteiger partial charge is 0.255 e. The van der Waals surface area contributed by atoms with Gasteiger partial charge in [-0.25, -0.2) is 0 Å². The number of halogens is 1. The average Bonchev–Trinajstić information content (AvgIpc) is 2.61. The van der Waals surface area contributed by atoms with E-state index in [1.54, 1.807) is 18.3 Å². The van der Waals surface area contributed by atoms with E-state index in [1.807, 2.05) is 29.3 Å². The predicted octanol–water partition coefficient (Wildman–Crippen LogP) is 3.13. The molecule has 120 valence electrons. The number of carbonyl (C=O) groups is 1. The van der Waals surface area contributed by atoms with Gasteiger partial charge in [-0.2, -0.15) is 0 Å². The van der Waals surface area contributed by atoms with Crippen molar-refractivity contribution in [3.05, 3.63) is 64.9 Å². The van der Waals surface area contributed by atoms with Gasteiger partial charge in [0.25, 0.3) is 5.91 Å². The van der Waals surface area contributed by atoms with E-state index in [2.05, 4.69) is 16.4 Å². The fraction of sp³-hybridized carbons (Fsp3) is 0.333. The molecule has 1 aromatic carbocycles. The molecule has 0 spiro atoms. The van der Waals surface area contributed by atoms with Gasteiger partial charge in [0, 0.05) is 38.1 Å². The number of carbonyl (C=O) groups excluding carboxylic acids is 1. The van der Waals surface area contributed by atoms with Crippen molar-refractivity contribution in [1.29, 1.82) is 0 Å². The highest BCUT2D eigenvalue weighted by molar-refractivity contribution is 6.33. The normalized spacial score (nSPS) is 15.6. The Labute approximate surface area is 141 Å². The Morgan fingerprint density at radius 1 is 1.22 bits per heavy atom. The molecule has 0 saturated carbocycles. The van der Waals surface area contributed by atoms with E-state index < -0.39 is 0 Å². The van der Waals surface area contributed by atoms with Crippen LogP contribution in [-0.2, 0) is 6.54 Å². The van der Waals surface area contributed by atoms with E-state index in [9.17, 15) is 4.79 Å². The predicted molar refractivity (Wildman–Crippen MR) is 91.5 cm³/mol. The number of likely N-dealkylation sites (tertiary alicyclic amines) is 1. The van der Waals surface area contributed by atoms with E-state index in [-0.39, 0.29) is 5.91 Å². The number of hydrogen-bond donors (Lipinski definition) is 1. The zero-order valence-corrected chi connectivity index (χ0v) is 13.7. The number of rotatable bonds is 4. The first-order chi connectivity index (χ1) is 11.2. The van der Waals surface area contributed by atoms with Crippen LogP contribution in [0.5, 0.6) is 0 Å². The summed E-state index contributed by atoms with van der Waals surface area (Å²) in [6, 6.07) is 11.7. The third-order valence-corrected chi connectivity index (χ3v) is 4.53. The summed E-state index contributed by atoms with van der Waals surface area (Å²) < 4.78 is 0. The molecule has 23 heavy (non-hydrogen) atoms. The largest absolute Gasteiger partial charge is 0.338 e. The zero-order valence-electron chi connectivity index (χ0n) is 12.9. The van der Waals surface area contributed by atoms with Crippen LogP contribution in [0.3, 0.4) is 0 Å². The highest BCUT2D eigenvalue weighted by atomic mass is 35.5. The van der Waals surface area contributed by atoms with E-state index in [1.165, 1.54) is 5.56 Å². The number of aromatic nitrogens is 1. The minimum Gasteiger partial charge on any atom is -0.338 e. The van der Waals surface area contributed by atoms with Crippen molar-refractivity contribution >= 4 is 17.5 Å². The molecule has 1 aromatic heterocycles. The van der Waals surface area contributed by atoms with Gasteiger partial charge in [0.05, 0.1) is 10.6 Å². The maximum atomic E-state index is 12.5. The third-order valence-electron chi connectivity index (χ3n) is 4.20. The van der Waals surface area contributed by atoms with Crippen molar-refractivity contribution in [3.8, 4) is 0 Å². The molecule has 0 atom stereocenters. The van der Waals surface area contributed by atoms with E-state index in [0.29, 0.717) is 16.6 Å². The number of amides is 1. The molecular formula is C18H20ClN3O. The van der Waals surface area contributed by atoms with Crippen LogP contribution < -0.4 is 5.32 Å². The second kappa shape index (κ2) is 7.57. The summed E-state index contributed by atoms with van der Waals surface area (Å²) in [7, 11) is 0. The summed E-state index contributed by atoms with van der Waals surface area (Å²) in [6.07, 6.45) is 5.57. The molecule has 0 unspecified atom stereocenters. The van der Waals surface area contributed by atoms with Gasteiger partial charge in [-0.3, -0.25) is 9.78 Å². The molecule has 1 aliphatic rings. The van der Waals surface area contributed by atoms with Gasteiger partial charge >= 0.3 is 0 Å². The van der Waals surface area contributed by atoms with Crippen molar-refractivity contribution in [3.63, 3.8) is 0 Å². The van der Waals surface area contributed by atoms with Gasteiger partial charge in [0.15, 0.2) is 0 Å². The van der Waals surface area contributed by atoms with Gasteiger partial charge in [0.2, 0.25) is 0 Å². The van der Waals surface area contributed by atoms with E-state index in [0.717, 1.165) is 32.5 Å². The van der Waals surface area contributed by atoms with Crippen molar-refractivity contribution in [2.45, 2.75) is 25.4 Å². The summed E-state index contributed by atoms with van der Waals surface area (Å²) in [5, 5.41) is 4.07. The minimum absolute atomic E-state index is 0.0290. The van der Waals surface area contributed by atoms with Crippen LogP contribution >= 0.6 is 11.6 Å². The molecule has 1 aliphatic heterocycles. The maximum absolute atomic E-state index is 12.5. The number of nitrogens with zero attached hydrogens (tertiary/aromatic N) is 2. The molecule has 1 saturated heterocycles. The molecule has 0 radical (unpaired) electrons. The third kappa shape index (κ3) is 4.09. The first-order valence-electron chi connectivity index (χ1n) is 7.90. The Morgan fingerprint density at radius 3 is 2.70 bits per heavy atom. The standard InChI is InChI=1S/C18H20ClN3O/c19-17-6-2-1-5-16(17)18(23)22-10-7-15(8-11-22)21-13-14-4-3-9-20-12-14/h1-6,9,12,15,21H,7-8,10-11,13H2. The topological polar surface area (TPSA) is 45.2 Å². The number of hydrogen-bond acceptors (Lipinski definition) is 3. The van der Waals surface area contributed by atoms with Crippen LogP contribution in [0, 0.1) is 0 Å². The van der Waals surface area contributed by atoms with Crippen LogP contribution in [0.2, 0.25) is 5.02 Å². The van der Waals surface area contributed by atoms with Crippen LogP contribution in [0.15, 0.2) is 48.8 Å². The van der Waals surface area contributed by atoms with Gasteiger partial charge in [-0.1, -0.05) is 29.8 Å². The lowest BCUT2D eigenvalue weighted by Crippen LogP contribution is -2.44. The molecule has 1 fully saturated rings. The summed E-state index contributed by atoms with van der Waals surface area (Å²) >= 11 is 6.12. The second-order valence-electron chi connectivity index (χ2n) is 5.79. The van der Waals surface area contributed by atoms with Crippen molar-refractivity contribution in [1.82, 2.24) is 15.2 Å². The zero-order chi connectivity index (χ0) is 16.1. The Bertz CT molecular complexity index is 654. The molecule has 0 aliphatic carbocycles. The summed E-state index contributed by atoms with van der Waals surface area (Å²) in [4.78, 5) is 18.5. The van der Waals surface area contributed by atoms with Crippen LogP contribution in [0.25, 0.3) is 0 Å². The van der Waals surface area contributed by atoms with E-state index in [4.69, 9.17) is 11.6 Å². The second-order valence-corrected chi connectivity index (χ2v) is 6.20. The van der Waals surface area contributed by atoms with Crippen molar-refractivity contribution in [2.75, 3.05) is 13.1 Å². The highest BCUT2D eigenvalue weighted by Crippen LogP contribution is 2.20. The fourth-order valence-electron chi connectivity index (χ4n) is 2.86. The summed E-state index contributed by atoms with van der Waals surface area (Å²) in [6.45, 7) is 2.33. The average molecular weight is 330 g/mol. The molecule has 4 nitrogen and oxygen atoms in total. The Hall–Kier alpha value is -1.91. The van der Waals surface area contributed by atoms with Crippen molar-refractivity contribution < 1.29 is 4.79 Å². The van der Waals surface area contributed by atoms with Crippen LogP contribution in [-0.4, -0.2) is 34.9 Å². The first-order valence-corrected chi connectivity index (χ1v) is 8.28. The lowest BCUT2D eigenvalue weighted by molar-refractivity contribution is 0.0705. The molecule has 2 aromatic rings. The molecule has 1 amide bonds. The fourth-order valence-corrected chi connectivity index (χ4v) is 3.07. The Morgan fingerprint density at radius 2 is 2.00 bits per heavy atom. The number of nitrogens with one attached hydrogen (secondary N) is 1. The number of pyridine rings is 1. The van der Waals surface area contributed by atoms with Crippen LogP contribution in [0.1, 0.15) is 28.8 Å². The van der Waals surface area contributed by atoms with Gasteiger partial charge in [-0.05, 0) is 36.6 Å². The number of benzene rings is 1. The van der Waals surface area contributed by atoms with Gasteiger partial charge in [0.1, 0.15) is 0 Å². The Kier molecular flexibility index (Phi) is 5.26. The van der Waals surface area contributed by atoms with Crippen LogP contribution in [0.4, 0.5) is 0 Å². The molecule has 0 bridgehead atoms. The molecular weight excluding hydrogens is 310 g/mol. The lowest BCUT2D eigenvalue weighted by Gasteiger charge is -2.32. The number of piperidine rings is 1. The SMILES string of the molecule is O=C(c1ccccc1Cl)N1CCC(NCc2cccnc2)CC1. The Balaban J connectivity index is 1.50. The minimum atomic E-state index is 0.0290. The summed E-state index contributed by atoms with van der Waals surface area (Å²) in [5.74, 6) is 0.0290. The van der Waals surface area contributed by atoms with Gasteiger partial charge < -0.3 is 10.2 Å². The molecule has 5 heteroatoms. The first kappa shape index (κ1) is 16.0. The lowest BCUT2D eigenvalue weighted by atomic mass is 10.0. The molecule has 3 rings (SSSR count). The van der Waals surface area contributed by atoms with E-state index >= 15 is 0 Å². The quantitative estimate of drug-likeness (QED) is 0.937. The maximum Gasteiger partial charge on any atom is 0.255 e. The van der Waals surface area contributed by atoms with Gasteiger partial charge in [-0.15, -0.1) is 0 Å². The monoisotopic (exact) mass is 329 g/mol. The molecule has 1 N–H and O–H groups in total. The van der Waals surface area contributed by atoms with Crippen molar-refractivity contribution in [2.24, 2.45) is 0 Å². The summed E-state index contributed by atoms with van der Waals surface area (Å²) in [5.41, 5.74) is 1.78. The molecule has 2 heterocycles. The highest BCUT2D eigenvalue weighted by Gasteiger charge is 2.24.